The Hall–Kier alpha value is -1.71. The minimum atomic E-state index is -0.125. The van der Waals surface area contributed by atoms with Gasteiger partial charge in [0.2, 0.25) is 0 Å². The molecule has 0 saturated heterocycles. The maximum Gasteiger partial charge on any atom is 0.255 e. The monoisotopic (exact) mass is 265 g/mol. The first-order valence-electron chi connectivity index (χ1n) is 6.59. The lowest BCUT2D eigenvalue weighted by atomic mass is 10.1. The van der Waals surface area contributed by atoms with E-state index >= 15 is 0 Å². The number of amides is 1. The average molecular weight is 265 g/mol. The summed E-state index contributed by atoms with van der Waals surface area (Å²) in [7, 11) is 3.09. The molecule has 0 unspecified atom stereocenters. The van der Waals surface area contributed by atoms with Crippen LogP contribution >= 0.6 is 0 Å². The highest BCUT2D eigenvalue weighted by atomic mass is 16.5. The summed E-state index contributed by atoms with van der Waals surface area (Å²) in [6, 6.07) is 5.29. The van der Waals surface area contributed by atoms with Gasteiger partial charge in [0.25, 0.3) is 5.91 Å². The fourth-order valence-corrected chi connectivity index (χ4v) is 1.87. The number of rotatable bonds is 7. The van der Waals surface area contributed by atoms with E-state index in [0.717, 1.165) is 12.8 Å². The fraction of sp³-hybridized carbons (Fsp3) is 0.533. The molecular weight excluding hydrogens is 242 g/mol. The van der Waals surface area contributed by atoms with E-state index in [9.17, 15) is 4.79 Å². The van der Waals surface area contributed by atoms with Crippen molar-refractivity contribution in [2.45, 2.75) is 26.7 Å². The zero-order valence-electron chi connectivity index (χ0n) is 12.2. The summed E-state index contributed by atoms with van der Waals surface area (Å²) in [4.78, 5) is 12.1. The molecule has 0 spiro atoms. The van der Waals surface area contributed by atoms with Crippen molar-refractivity contribution in [1.29, 1.82) is 0 Å². The fourth-order valence-electron chi connectivity index (χ4n) is 1.87. The number of benzene rings is 1. The van der Waals surface area contributed by atoms with Crippen LogP contribution in [-0.4, -0.2) is 26.7 Å². The largest absolute Gasteiger partial charge is 0.493 e. The highest BCUT2D eigenvalue weighted by molar-refractivity contribution is 5.97. The molecule has 106 valence electrons. The van der Waals surface area contributed by atoms with Crippen molar-refractivity contribution < 1.29 is 14.3 Å². The third-order valence-electron chi connectivity index (χ3n) is 2.89. The van der Waals surface area contributed by atoms with Crippen molar-refractivity contribution in [1.82, 2.24) is 5.32 Å². The summed E-state index contributed by atoms with van der Waals surface area (Å²) in [5.41, 5.74) is 0.506. The number of para-hydroxylation sites is 1. The first-order chi connectivity index (χ1) is 9.10. The summed E-state index contributed by atoms with van der Waals surface area (Å²) < 4.78 is 10.4. The molecule has 0 fully saturated rings. The first kappa shape index (κ1) is 15.3. The highest BCUT2D eigenvalue weighted by Crippen LogP contribution is 2.30. The number of hydrogen-bond acceptors (Lipinski definition) is 3. The quantitative estimate of drug-likeness (QED) is 0.771. The van der Waals surface area contributed by atoms with Gasteiger partial charge in [-0.05, 0) is 30.9 Å². The van der Waals surface area contributed by atoms with Crippen LogP contribution in [0.1, 0.15) is 37.0 Å². The average Bonchev–Trinajstić information content (AvgIpc) is 2.42. The van der Waals surface area contributed by atoms with Gasteiger partial charge in [-0.15, -0.1) is 0 Å². The second-order valence-electron chi connectivity index (χ2n) is 4.83. The van der Waals surface area contributed by atoms with Crippen LogP contribution in [0.4, 0.5) is 0 Å². The zero-order chi connectivity index (χ0) is 14.3. The molecule has 1 aromatic carbocycles. The number of ether oxygens (including phenoxy) is 2. The summed E-state index contributed by atoms with van der Waals surface area (Å²) in [6.45, 7) is 5.02. The molecule has 0 aliphatic heterocycles. The number of carbonyl (C=O) groups is 1. The van der Waals surface area contributed by atoms with E-state index in [1.807, 2.05) is 0 Å². The van der Waals surface area contributed by atoms with Crippen LogP contribution in [0.25, 0.3) is 0 Å². The Kier molecular flexibility index (Phi) is 6.19. The molecule has 0 saturated carbocycles. The number of carbonyl (C=O) groups excluding carboxylic acids is 1. The third-order valence-corrected chi connectivity index (χ3v) is 2.89. The standard InChI is InChI=1S/C15H23NO3/c1-11(2)7-6-10-16-15(17)12-8-5-9-13(18-3)14(12)19-4/h5,8-9,11H,6-7,10H2,1-4H3,(H,16,17). The summed E-state index contributed by atoms with van der Waals surface area (Å²) in [5, 5.41) is 2.91. The Morgan fingerprint density at radius 2 is 2.00 bits per heavy atom. The number of methoxy groups -OCH3 is 2. The van der Waals surface area contributed by atoms with Gasteiger partial charge in [-0.1, -0.05) is 19.9 Å². The lowest BCUT2D eigenvalue weighted by Gasteiger charge is -2.12. The SMILES string of the molecule is COc1cccc(C(=O)NCCCC(C)C)c1OC. The maximum absolute atomic E-state index is 12.1. The van der Waals surface area contributed by atoms with E-state index in [1.54, 1.807) is 25.3 Å². The molecule has 0 heterocycles. The first-order valence-corrected chi connectivity index (χ1v) is 6.59. The van der Waals surface area contributed by atoms with Crippen LogP contribution in [0.3, 0.4) is 0 Å². The van der Waals surface area contributed by atoms with Crippen LogP contribution in [0.2, 0.25) is 0 Å². The minimum absolute atomic E-state index is 0.125. The van der Waals surface area contributed by atoms with Crippen molar-refractivity contribution in [3.8, 4) is 11.5 Å². The van der Waals surface area contributed by atoms with Gasteiger partial charge < -0.3 is 14.8 Å². The summed E-state index contributed by atoms with van der Waals surface area (Å²) in [6.07, 6.45) is 2.09. The lowest BCUT2D eigenvalue weighted by Crippen LogP contribution is -2.25. The predicted molar refractivity (Wildman–Crippen MR) is 76.0 cm³/mol. The van der Waals surface area contributed by atoms with E-state index < -0.39 is 0 Å². The van der Waals surface area contributed by atoms with Crippen molar-refractivity contribution in [3.05, 3.63) is 23.8 Å². The van der Waals surface area contributed by atoms with Gasteiger partial charge in [0, 0.05) is 6.54 Å². The Bertz CT molecular complexity index is 416. The molecule has 1 aromatic rings. The van der Waals surface area contributed by atoms with E-state index in [0.29, 0.717) is 29.5 Å². The van der Waals surface area contributed by atoms with Gasteiger partial charge in [0.05, 0.1) is 19.8 Å². The summed E-state index contributed by atoms with van der Waals surface area (Å²) in [5.74, 6) is 1.58. The number of hydrogen-bond donors (Lipinski definition) is 1. The number of nitrogens with one attached hydrogen (secondary N) is 1. The molecule has 1 amide bonds. The zero-order valence-corrected chi connectivity index (χ0v) is 12.2. The lowest BCUT2D eigenvalue weighted by molar-refractivity contribution is 0.0949. The molecule has 0 bridgehead atoms. The van der Waals surface area contributed by atoms with Crippen LogP contribution in [0, 0.1) is 5.92 Å². The maximum atomic E-state index is 12.1. The smallest absolute Gasteiger partial charge is 0.255 e. The van der Waals surface area contributed by atoms with Crippen LogP contribution in [0.5, 0.6) is 11.5 Å². The molecule has 19 heavy (non-hydrogen) atoms. The van der Waals surface area contributed by atoms with Crippen molar-refractivity contribution in [2.75, 3.05) is 20.8 Å². The molecule has 0 aromatic heterocycles. The molecule has 4 heteroatoms. The van der Waals surface area contributed by atoms with E-state index in [4.69, 9.17) is 9.47 Å². The van der Waals surface area contributed by atoms with Gasteiger partial charge in [-0.3, -0.25) is 4.79 Å². The van der Waals surface area contributed by atoms with Gasteiger partial charge in [-0.25, -0.2) is 0 Å². The summed E-state index contributed by atoms with van der Waals surface area (Å²) >= 11 is 0. The van der Waals surface area contributed by atoms with Gasteiger partial charge >= 0.3 is 0 Å². The van der Waals surface area contributed by atoms with Gasteiger partial charge in [0.1, 0.15) is 0 Å². The predicted octanol–water partition coefficient (Wildman–Crippen LogP) is 2.87. The molecule has 0 aliphatic carbocycles. The van der Waals surface area contributed by atoms with E-state index in [-0.39, 0.29) is 5.91 Å². The minimum Gasteiger partial charge on any atom is -0.493 e. The van der Waals surface area contributed by atoms with Crippen LogP contribution in [-0.2, 0) is 0 Å². The van der Waals surface area contributed by atoms with Crippen LogP contribution in [0.15, 0.2) is 18.2 Å². The molecule has 1 rings (SSSR count). The molecule has 1 N–H and O–H groups in total. The molecule has 0 atom stereocenters. The molecular formula is C15H23NO3. The Morgan fingerprint density at radius 3 is 2.58 bits per heavy atom. The third kappa shape index (κ3) is 4.47. The van der Waals surface area contributed by atoms with E-state index in [1.165, 1.54) is 7.11 Å². The van der Waals surface area contributed by atoms with Crippen molar-refractivity contribution >= 4 is 5.91 Å². The molecule has 4 nitrogen and oxygen atoms in total. The van der Waals surface area contributed by atoms with E-state index in [2.05, 4.69) is 19.2 Å². The highest BCUT2D eigenvalue weighted by Gasteiger charge is 2.15. The molecule has 0 aliphatic rings. The van der Waals surface area contributed by atoms with Crippen molar-refractivity contribution in [3.63, 3.8) is 0 Å². The second kappa shape index (κ2) is 7.67. The normalized spacial score (nSPS) is 10.4. The van der Waals surface area contributed by atoms with Crippen molar-refractivity contribution in [2.24, 2.45) is 5.92 Å². The van der Waals surface area contributed by atoms with Gasteiger partial charge in [0.15, 0.2) is 11.5 Å². The topological polar surface area (TPSA) is 47.6 Å². The Morgan fingerprint density at radius 1 is 1.26 bits per heavy atom. The van der Waals surface area contributed by atoms with Gasteiger partial charge in [-0.2, -0.15) is 0 Å². The van der Waals surface area contributed by atoms with Crippen LogP contribution < -0.4 is 14.8 Å². The second-order valence-corrected chi connectivity index (χ2v) is 4.83. The Labute approximate surface area is 115 Å². The molecule has 0 radical (unpaired) electrons. The Balaban J connectivity index is 2.66.